The molecule has 0 spiro atoms. The highest BCUT2D eigenvalue weighted by molar-refractivity contribution is 7.88. The zero-order chi connectivity index (χ0) is 16.8. The smallest absolute Gasteiger partial charge is 0.209 e. The monoisotopic (exact) mass is 346 g/mol. The SMILES string of the molecule is CCNC(=NCC(C)(C)NS(C)(=O)=O)NC(C)c1cccs1. The van der Waals surface area contributed by atoms with Gasteiger partial charge in [0, 0.05) is 17.0 Å². The fourth-order valence-corrected chi connectivity index (χ4v) is 3.75. The molecule has 0 fully saturated rings. The van der Waals surface area contributed by atoms with E-state index < -0.39 is 15.6 Å². The molecule has 0 aliphatic rings. The zero-order valence-corrected chi connectivity index (χ0v) is 15.4. The average molecular weight is 347 g/mol. The van der Waals surface area contributed by atoms with Crippen LogP contribution < -0.4 is 15.4 Å². The van der Waals surface area contributed by atoms with Gasteiger partial charge < -0.3 is 10.6 Å². The van der Waals surface area contributed by atoms with Gasteiger partial charge in [0.25, 0.3) is 0 Å². The van der Waals surface area contributed by atoms with Crippen LogP contribution in [0.4, 0.5) is 0 Å². The second-order valence-electron chi connectivity index (χ2n) is 5.83. The van der Waals surface area contributed by atoms with Crippen LogP contribution in [0, 0.1) is 0 Å². The highest BCUT2D eigenvalue weighted by atomic mass is 32.2. The number of nitrogens with one attached hydrogen (secondary N) is 3. The lowest BCUT2D eigenvalue weighted by Gasteiger charge is -2.24. The van der Waals surface area contributed by atoms with Crippen LogP contribution in [0.25, 0.3) is 0 Å². The van der Waals surface area contributed by atoms with Crippen molar-refractivity contribution >= 4 is 27.3 Å². The van der Waals surface area contributed by atoms with E-state index in [-0.39, 0.29) is 6.04 Å². The summed E-state index contributed by atoms with van der Waals surface area (Å²) in [5, 5.41) is 8.54. The maximum Gasteiger partial charge on any atom is 0.209 e. The molecule has 0 radical (unpaired) electrons. The second kappa shape index (κ2) is 7.94. The predicted molar refractivity (Wildman–Crippen MR) is 93.9 cm³/mol. The number of hydrogen-bond donors (Lipinski definition) is 3. The first-order valence-electron chi connectivity index (χ1n) is 7.20. The normalized spacial score (nSPS) is 14.7. The Kier molecular flexibility index (Phi) is 6.83. The molecule has 1 atom stereocenters. The van der Waals surface area contributed by atoms with Gasteiger partial charge in [-0.2, -0.15) is 0 Å². The number of sulfonamides is 1. The van der Waals surface area contributed by atoms with Gasteiger partial charge in [0.05, 0.1) is 18.8 Å². The highest BCUT2D eigenvalue weighted by Gasteiger charge is 2.22. The molecule has 1 aromatic heterocycles. The molecule has 1 aromatic rings. The van der Waals surface area contributed by atoms with Crippen molar-refractivity contribution in [3.8, 4) is 0 Å². The Bertz CT molecular complexity index is 580. The molecule has 0 saturated carbocycles. The predicted octanol–water partition coefficient (Wildman–Crippen LogP) is 1.69. The average Bonchev–Trinajstić information content (AvgIpc) is 2.87. The van der Waals surface area contributed by atoms with Gasteiger partial charge in [-0.15, -0.1) is 11.3 Å². The number of rotatable bonds is 7. The number of nitrogens with zero attached hydrogens (tertiary/aromatic N) is 1. The summed E-state index contributed by atoms with van der Waals surface area (Å²) < 4.78 is 25.3. The third-order valence-corrected chi connectivity index (χ3v) is 4.74. The first kappa shape index (κ1) is 18.9. The van der Waals surface area contributed by atoms with Crippen LogP contribution in [0.1, 0.15) is 38.6 Å². The van der Waals surface area contributed by atoms with E-state index in [1.165, 1.54) is 4.88 Å². The minimum atomic E-state index is -3.26. The van der Waals surface area contributed by atoms with Gasteiger partial charge in [-0.25, -0.2) is 13.1 Å². The second-order valence-corrected chi connectivity index (χ2v) is 8.56. The van der Waals surface area contributed by atoms with Crippen molar-refractivity contribution in [2.75, 3.05) is 19.3 Å². The molecule has 1 unspecified atom stereocenters. The van der Waals surface area contributed by atoms with Crippen LogP contribution in [0.5, 0.6) is 0 Å². The minimum absolute atomic E-state index is 0.142. The van der Waals surface area contributed by atoms with Gasteiger partial charge in [0.15, 0.2) is 5.96 Å². The molecular formula is C14H26N4O2S2. The summed E-state index contributed by atoms with van der Waals surface area (Å²) >= 11 is 1.69. The van der Waals surface area contributed by atoms with E-state index in [1.807, 2.05) is 32.2 Å². The Morgan fingerprint density at radius 1 is 1.45 bits per heavy atom. The lowest BCUT2D eigenvalue weighted by Crippen LogP contribution is -2.47. The quantitative estimate of drug-likeness (QED) is 0.518. The molecule has 22 heavy (non-hydrogen) atoms. The van der Waals surface area contributed by atoms with Crippen LogP contribution in [-0.2, 0) is 10.0 Å². The standard InChI is InChI=1S/C14H26N4O2S2/c1-6-15-13(17-11(2)12-8-7-9-21-12)16-10-14(3,4)18-22(5,19)20/h7-9,11,18H,6,10H2,1-5H3,(H2,15,16,17). The molecule has 126 valence electrons. The maximum absolute atomic E-state index is 11.4. The van der Waals surface area contributed by atoms with Crippen molar-refractivity contribution in [3.05, 3.63) is 22.4 Å². The van der Waals surface area contributed by atoms with E-state index in [9.17, 15) is 8.42 Å². The van der Waals surface area contributed by atoms with E-state index in [0.29, 0.717) is 12.5 Å². The number of guanidine groups is 1. The molecule has 0 bridgehead atoms. The fourth-order valence-electron chi connectivity index (χ4n) is 1.94. The maximum atomic E-state index is 11.4. The largest absolute Gasteiger partial charge is 0.357 e. The summed E-state index contributed by atoms with van der Waals surface area (Å²) in [7, 11) is -3.26. The third-order valence-electron chi connectivity index (χ3n) is 2.76. The Labute approximate surface area is 137 Å². The topological polar surface area (TPSA) is 82.6 Å². The van der Waals surface area contributed by atoms with Gasteiger partial charge >= 0.3 is 0 Å². The Morgan fingerprint density at radius 2 is 2.14 bits per heavy atom. The van der Waals surface area contributed by atoms with Crippen molar-refractivity contribution in [3.63, 3.8) is 0 Å². The van der Waals surface area contributed by atoms with Crippen LogP contribution in [0.2, 0.25) is 0 Å². The van der Waals surface area contributed by atoms with E-state index in [4.69, 9.17) is 0 Å². The van der Waals surface area contributed by atoms with Crippen molar-refractivity contribution in [1.82, 2.24) is 15.4 Å². The van der Waals surface area contributed by atoms with Crippen LogP contribution >= 0.6 is 11.3 Å². The highest BCUT2D eigenvalue weighted by Crippen LogP contribution is 2.17. The molecule has 0 aromatic carbocycles. The first-order chi connectivity index (χ1) is 10.1. The van der Waals surface area contributed by atoms with Crippen LogP contribution in [-0.4, -0.2) is 39.3 Å². The van der Waals surface area contributed by atoms with Gasteiger partial charge in [-0.05, 0) is 39.1 Å². The molecule has 0 aliphatic carbocycles. The summed E-state index contributed by atoms with van der Waals surface area (Å²) in [5.41, 5.74) is -0.637. The molecule has 0 saturated heterocycles. The van der Waals surface area contributed by atoms with Crippen LogP contribution in [0.3, 0.4) is 0 Å². The Balaban J connectivity index is 2.73. The number of hydrogen-bond acceptors (Lipinski definition) is 4. The van der Waals surface area contributed by atoms with E-state index in [2.05, 4.69) is 33.3 Å². The van der Waals surface area contributed by atoms with E-state index in [0.717, 1.165) is 12.8 Å². The van der Waals surface area contributed by atoms with Crippen molar-refractivity contribution in [2.24, 2.45) is 4.99 Å². The lowest BCUT2D eigenvalue weighted by atomic mass is 10.1. The van der Waals surface area contributed by atoms with Gasteiger partial charge in [-0.3, -0.25) is 4.99 Å². The van der Waals surface area contributed by atoms with Gasteiger partial charge in [-0.1, -0.05) is 6.07 Å². The third kappa shape index (κ3) is 7.24. The molecule has 1 heterocycles. The van der Waals surface area contributed by atoms with Gasteiger partial charge in [0.2, 0.25) is 10.0 Å². The zero-order valence-electron chi connectivity index (χ0n) is 13.8. The number of thiophene rings is 1. The molecule has 6 nitrogen and oxygen atoms in total. The Hall–Kier alpha value is -1.12. The van der Waals surface area contributed by atoms with Gasteiger partial charge in [0.1, 0.15) is 0 Å². The summed E-state index contributed by atoms with van der Waals surface area (Å²) in [4.78, 5) is 5.71. The molecular weight excluding hydrogens is 320 g/mol. The molecule has 8 heteroatoms. The lowest BCUT2D eigenvalue weighted by molar-refractivity contribution is 0.464. The van der Waals surface area contributed by atoms with Crippen molar-refractivity contribution in [1.29, 1.82) is 0 Å². The summed E-state index contributed by atoms with van der Waals surface area (Å²) in [6.45, 7) is 8.76. The molecule has 3 N–H and O–H groups in total. The van der Waals surface area contributed by atoms with Crippen molar-refractivity contribution < 1.29 is 8.42 Å². The van der Waals surface area contributed by atoms with E-state index in [1.54, 1.807) is 11.3 Å². The molecule has 0 amide bonds. The summed E-state index contributed by atoms with van der Waals surface area (Å²) in [6.07, 6.45) is 1.15. The molecule has 1 rings (SSSR count). The summed E-state index contributed by atoms with van der Waals surface area (Å²) in [5.74, 6) is 0.673. The van der Waals surface area contributed by atoms with Crippen LogP contribution in [0.15, 0.2) is 22.5 Å². The minimum Gasteiger partial charge on any atom is -0.357 e. The molecule has 0 aliphatic heterocycles. The first-order valence-corrected chi connectivity index (χ1v) is 9.97. The van der Waals surface area contributed by atoms with E-state index >= 15 is 0 Å². The Morgan fingerprint density at radius 3 is 2.64 bits per heavy atom. The fraction of sp³-hybridized carbons (Fsp3) is 0.643. The number of aliphatic imine (C=N–C) groups is 1. The summed E-state index contributed by atoms with van der Waals surface area (Å²) in [6, 6.07) is 4.23. The van der Waals surface area contributed by atoms with Crippen molar-refractivity contribution in [2.45, 2.75) is 39.3 Å².